The molecule has 0 atom stereocenters. The van der Waals surface area contributed by atoms with Gasteiger partial charge in [0.1, 0.15) is 22.8 Å². The fourth-order valence-corrected chi connectivity index (χ4v) is 3.98. The Balaban J connectivity index is 1.34. The molecule has 7 nitrogen and oxygen atoms in total. The lowest BCUT2D eigenvalue weighted by atomic mass is 10.1. The minimum atomic E-state index is 0.525. The second kappa shape index (κ2) is 7.72. The number of rotatable bonds is 4. The highest BCUT2D eigenvalue weighted by Gasteiger charge is 2.13. The molecule has 3 aromatic heterocycles. The Bertz CT molecular complexity index is 1630. The molecule has 0 spiro atoms. The Kier molecular flexibility index (Phi) is 4.55. The van der Waals surface area contributed by atoms with Crippen LogP contribution in [0.5, 0.6) is 11.5 Å². The highest BCUT2D eigenvalue weighted by Crippen LogP contribution is 2.34. The molecule has 0 amide bonds. The van der Waals surface area contributed by atoms with Crippen LogP contribution in [0, 0.1) is 6.92 Å². The highest BCUT2D eigenvalue weighted by atomic mass is 35.5. The van der Waals surface area contributed by atoms with Crippen LogP contribution in [0.1, 0.15) is 5.56 Å². The largest absolute Gasteiger partial charge is 0.457 e. The van der Waals surface area contributed by atoms with Crippen LogP contribution in [0.15, 0.2) is 77.2 Å². The molecule has 3 heterocycles. The van der Waals surface area contributed by atoms with E-state index in [-0.39, 0.29) is 0 Å². The minimum absolute atomic E-state index is 0.525. The zero-order valence-electron chi connectivity index (χ0n) is 17.4. The van der Waals surface area contributed by atoms with Crippen LogP contribution in [0.3, 0.4) is 0 Å². The van der Waals surface area contributed by atoms with Crippen LogP contribution in [0.2, 0.25) is 5.02 Å². The van der Waals surface area contributed by atoms with Crippen molar-refractivity contribution in [2.24, 2.45) is 0 Å². The van der Waals surface area contributed by atoms with Gasteiger partial charge in [0, 0.05) is 26.9 Å². The van der Waals surface area contributed by atoms with Crippen molar-refractivity contribution in [1.82, 2.24) is 25.6 Å². The average molecular weight is 454 g/mol. The standard InChI is InChI=1S/C25H16ClN5O2/c1-14-19(25-28-30-31-29-25)3-2-4-22(14)32-18-8-10-23-16(11-18)12-24(33-23)20-9-6-15-5-7-17(26)13-21(15)27-20/h2-13H,1H3,(H,28,29,30,31). The second-order valence-electron chi connectivity index (χ2n) is 7.61. The van der Waals surface area contributed by atoms with Gasteiger partial charge in [-0.1, -0.05) is 35.9 Å². The van der Waals surface area contributed by atoms with E-state index in [0.29, 0.717) is 28.1 Å². The normalized spacial score (nSPS) is 11.3. The molecule has 33 heavy (non-hydrogen) atoms. The SMILES string of the molecule is Cc1c(Oc2ccc3oc(-c4ccc5ccc(Cl)cc5n4)cc3c2)cccc1-c1nn[nH]n1. The lowest BCUT2D eigenvalue weighted by Gasteiger charge is -2.10. The molecule has 0 bridgehead atoms. The summed E-state index contributed by atoms with van der Waals surface area (Å²) in [6, 6.07) is 23.0. The van der Waals surface area contributed by atoms with E-state index >= 15 is 0 Å². The van der Waals surface area contributed by atoms with Crippen LogP contribution >= 0.6 is 11.6 Å². The van der Waals surface area contributed by atoms with E-state index in [4.69, 9.17) is 25.7 Å². The third kappa shape index (κ3) is 3.58. The zero-order valence-corrected chi connectivity index (χ0v) is 18.2. The second-order valence-corrected chi connectivity index (χ2v) is 8.05. The van der Waals surface area contributed by atoms with Crippen LogP contribution in [0.4, 0.5) is 0 Å². The molecule has 0 unspecified atom stereocenters. The summed E-state index contributed by atoms with van der Waals surface area (Å²) >= 11 is 6.13. The van der Waals surface area contributed by atoms with Crippen LogP contribution < -0.4 is 4.74 Å². The highest BCUT2D eigenvalue weighted by molar-refractivity contribution is 6.31. The number of ether oxygens (including phenoxy) is 1. The van der Waals surface area contributed by atoms with Crippen molar-refractivity contribution in [3.05, 3.63) is 83.4 Å². The van der Waals surface area contributed by atoms with Gasteiger partial charge in [-0.15, -0.1) is 10.2 Å². The summed E-state index contributed by atoms with van der Waals surface area (Å²) in [6.45, 7) is 1.97. The molecule has 0 fully saturated rings. The topological polar surface area (TPSA) is 89.7 Å². The molecule has 0 aliphatic rings. The number of furan rings is 1. The Morgan fingerprint density at radius 1 is 0.939 bits per heavy atom. The number of fused-ring (bicyclic) bond motifs is 2. The van der Waals surface area contributed by atoms with Crippen molar-refractivity contribution < 1.29 is 9.15 Å². The Labute approximate surface area is 193 Å². The Hall–Kier alpha value is -4.23. The Morgan fingerprint density at radius 2 is 1.85 bits per heavy atom. The summed E-state index contributed by atoms with van der Waals surface area (Å²) in [4.78, 5) is 4.71. The summed E-state index contributed by atoms with van der Waals surface area (Å²) in [5, 5.41) is 16.8. The molecule has 6 aromatic rings. The van der Waals surface area contributed by atoms with Crippen molar-refractivity contribution in [1.29, 1.82) is 0 Å². The van der Waals surface area contributed by atoms with Crippen LogP contribution in [-0.2, 0) is 0 Å². The van der Waals surface area contributed by atoms with Crippen molar-refractivity contribution in [3.63, 3.8) is 0 Å². The number of nitrogens with one attached hydrogen (secondary N) is 1. The molecule has 0 saturated carbocycles. The summed E-state index contributed by atoms with van der Waals surface area (Å²) in [5.41, 5.74) is 4.09. The van der Waals surface area contributed by atoms with Gasteiger partial charge in [0.15, 0.2) is 5.76 Å². The predicted molar refractivity (Wildman–Crippen MR) is 126 cm³/mol. The first-order valence-electron chi connectivity index (χ1n) is 10.3. The van der Waals surface area contributed by atoms with Gasteiger partial charge in [0.2, 0.25) is 5.82 Å². The molecule has 8 heteroatoms. The number of tetrazole rings is 1. The van der Waals surface area contributed by atoms with Gasteiger partial charge in [-0.2, -0.15) is 5.21 Å². The number of hydrogen-bond donors (Lipinski definition) is 1. The molecule has 0 radical (unpaired) electrons. The number of hydrogen-bond acceptors (Lipinski definition) is 6. The predicted octanol–water partition coefficient (Wildman–Crippen LogP) is 6.58. The van der Waals surface area contributed by atoms with Crippen molar-refractivity contribution >= 4 is 33.5 Å². The fourth-order valence-electron chi connectivity index (χ4n) is 3.81. The lowest BCUT2D eigenvalue weighted by Crippen LogP contribution is -1.92. The van der Waals surface area contributed by atoms with E-state index in [1.807, 2.05) is 79.7 Å². The number of benzene rings is 3. The molecule has 1 N–H and O–H groups in total. The average Bonchev–Trinajstić information content (AvgIpc) is 3.50. The molecular weight excluding hydrogens is 438 g/mol. The fraction of sp³-hybridized carbons (Fsp3) is 0.0400. The van der Waals surface area contributed by atoms with E-state index in [1.165, 1.54) is 0 Å². The van der Waals surface area contributed by atoms with E-state index in [1.54, 1.807) is 0 Å². The number of nitrogens with zero attached hydrogens (tertiary/aromatic N) is 4. The van der Waals surface area contributed by atoms with Crippen molar-refractivity contribution in [3.8, 4) is 34.3 Å². The minimum Gasteiger partial charge on any atom is -0.457 e. The van der Waals surface area contributed by atoms with Gasteiger partial charge in [-0.05, 0) is 60.7 Å². The maximum Gasteiger partial charge on any atom is 0.205 e. The zero-order chi connectivity index (χ0) is 22.4. The van der Waals surface area contributed by atoms with Gasteiger partial charge in [0.25, 0.3) is 0 Å². The third-order valence-corrected chi connectivity index (χ3v) is 5.73. The van der Waals surface area contributed by atoms with Gasteiger partial charge in [-0.3, -0.25) is 0 Å². The van der Waals surface area contributed by atoms with Gasteiger partial charge < -0.3 is 9.15 Å². The lowest BCUT2D eigenvalue weighted by molar-refractivity contribution is 0.479. The smallest absolute Gasteiger partial charge is 0.205 e. The third-order valence-electron chi connectivity index (χ3n) is 5.49. The van der Waals surface area contributed by atoms with Crippen molar-refractivity contribution in [2.45, 2.75) is 6.92 Å². The summed E-state index contributed by atoms with van der Waals surface area (Å²) in [6.07, 6.45) is 0. The summed E-state index contributed by atoms with van der Waals surface area (Å²) in [7, 11) is 0. The number of aromatic nitrogens is 5. The number of halogens is 1. The maximum atomic E-state index is 6.18. The quantitative estimate of drug-likeness (QED) is 0.324. The molecule has 0 aliphatic carbocycles. The number of aromatic amines is 1. The van der Waals surface area contributed by atoms with E-state index in [2.05, 4.69) is 20.6 Å². The van der Waals surface area contributed by atoms with Crippen LogP contribution in [-0.4, -0.2) is 25.6 Å². The monoisotopic (exact) mass is 453 g/mol. The van der Waals surface area contributed by atoms with E-state index < -0.39 is 0 Å². The summed E-state index contributed by atoms with van der Waals surface area (Å²) < 4.78 is 12.2. The van der Waals surface area contributed by atoms with Gasteiger partial charge in [0.05, 0.1) is 5.52 Å². The first kappa shape index (κ1) is 19.5. The molecule has 6 rings (SSSR count). The molecular formula is C25H16ClN5O2. The molecule has 0 aliphatic heterocycles. The van der Waals surface area contributed by atoms with Crippen LogP contribution in [0.25, 0.3) is 44.7 Å². The van der Waals surface area contributed by atoms with E-state index in [9.17, 15) is 0 Å². The van der Waals surface area contributed by atoms with Gasteiger partial charge in [-0.25, -0.2) is 4.98 Å². The number of pyridine rings is 1. The van der Waals surface area contributed by atoms with Crippen molar-refractivity contribution in [2.75, 3.05) is 0 Å². The first-order valence-corrected chi connectivity index (χ1v) is 10.6. The summed E-state index contributed by atoms with van der Waals surface area (Å²) in [5.74, 6) is 2.62. The first-order chi connectivity index (χ1) is 16.1. The number of H-pyrrole nitrogens is 1. The molecule has 160 valence electrons. The maximum absolute atomic E-state index is 6.18. The Morgan fingerprint density at radius 3 is 2.73 bits per heavy atom. The molecule has 3 aromatic carbocycles. The van der Waals surface area contributed by atoms with Gasteiger partial charge >= 0.3 is 0 Å². The van der Waals surface area contributed by atoms with E-state index in [0.717, 1.165) is 38.7 Å². The molecule has 0 saturated heterocycles.